The van der Waals surface area contributed by atoms with Crippen LogP contribution >= 0.6 is 11.3 Å². The number of esters is 1. The number of methoxy groups -OCH3 is 1. The lowest BCUT2D eigenvalue weighted by molar-refractivity contribution is 0.0600. The van der Waals surface area contributed by atoms with Crippen LogP contribution in [0.3, 0.4) is 0 Å². The van der Waals surface area contributed by atoms with Crippen molar-refractivity contribution in [2.45, 2.75) is 65.1 Å². The molecule has 0 spiro atoms. The third-order valence-electron chi connectivity index (χ3n) is 8.33. The van der Waals surface area contributed by atoms with Crippen LogP contribution in [0, 0.1) is 0 Å². The van der Waals surface area contributed by atoms with Crippen LogP contribution in [-0.4, -0.2) is 37.5 Å². The van der Waals surface area contributed by atoms with Crippen molar-refractivity contribution in [3.63, 3.8) is 0 Å². The molecule has 0 aliphatic carbocycles. The Morgan fingerprint density at radius 2 is 1.54 bits per heavy atom. The van der Waals surface area contributed by atoms with E-state index in [1.54, 1.807) is 18.2 Å². The van der Waals surface area contributed by atoms with E-state index >= 15 is 0 Å². The molecule has 2 amide bonds. The lowest BCUT2D eigenvalue weighted by Gasteiger charge is -2.15. The molecule has 3 aromatic carbocycles. The number of amides is 2. The molecule has 1 aliphatic heterocycles. The fourth-order valence-corrected chi connectivity index (χ4v) is 6.74. The summed E-state index contributed by atoms with van der Waals surface area (Å²) >= 11 is 1.40. The molecule has 0 radical (unpaired) electrons. The summed E-state index contributed by atoms with van der Waals surface area (Å²) in [6, 6.07) is 23.3. The molecule has 8 nitrogen and oxygen atoms in total. The van der Waals surface area contributed by atoms with Crippen LogP contribution in [0.4, 0.5) is 10.7 Å². The highest BCUT2D eigenvalue weighted by Crippen LogP contribution is 2.37. The molecule has 3 N–H and O–H groups in total. The second-order valence-electron chi connectivity index (χ2n) is 11.4. The largest absolute Gasteiger partial charge is 0.465 e. The molecule has 9 heteroatoms. The van der Waals surface area contributed by atoms with Crippen LogP contribution in [0.25, 0.3) is 0 Å². The third-order valence-corrected chi connectivity index (χ3v) is 9.45. The van der Waals surface area contributed by atoms with Gasteiger partial charge in [0.2, 0.25) is 0 Å². The quantitative estimate of drug-likeness (QED) is 0.134. The summed E-state index contributed by atoms with van der Waals surface area (Å²) in [6.07, 6.45) is 4.34. The van der Waals surface area contributed by atoms with Crippen molar-refractivity contribution in [2.75, 3.05) is 24.4 Å². The summed E-state index contributed by atoms with van der Waals surface area (Å²) in [6.45, 7) is 5.97. The van der Waals surface area contributed by atoms with E-state index in [4.69, 9.17) is 9.47 Å². The van der Waals surface area contributed by atoms with Gasteiger partial charge < -0.3 is 25.4 Å². The number of benzene rings is 3. The molecule has 0 bridgehead atoms. The van der Waals surface area contributed by atoms with Crippen LogP contribution in [0.15, 0.2) is 72.8 Å². The van der Waals surface area contributed by atoms with Crippen LogP contribution in [0.5, 0.6) is 0 Å². The molecule has 0 atom stereocenters. The van der Waals surface area contributed by atoms with Crippen molar-refractivity contribution >= 4 is 39.8 Å². The van der Waals surface area contributed by atoms with Gasteiger partial charge in [-0.05, 0) is 90.8 Å². The van der Waals surface area contributed by atoms with Crippen molar-refractivity contribution in [3.8, 4) is 0 Å². The SMILES string of the molecule is CCC(CC)NCc1cccc(C(=O)Nc2sc3c(c2C(=O)Nc2ccc(CCc4ccc(C(=O)OC)cc4)cc2)CCOC3)c1. The van der Waals surface area contributed by atoms with Crippen molar-refractivity contribution in [2.24, 2.45) is 0 Å². The molecule has 240 valence electrons. The van der Waals surface area contributed by atoms with E-state index in [2.05, 4.69) is 29.8 Å². The number of fused-ring (bicyclic) bond motifs is 1. The number of rotatable bonds is 13. The summed E-state index contributed by atoms with van der Waals surface area (Å²) in [5.41, 5.74) is 6.48. The van der Waals surface area contributed by atoms with Gasteiger partial charge in [0, 0.05) is 28.7 Å². The number of carbonyl (C=O) groups excluding carboxylic acids is 3. The van der Waals surface area contributed by atoms with E-state index in [-0.39, 0.29) is 17.8 Å². The van der Waals surface area contributed by atoms with Gasteiger partial charge in [0.1, 0.15) is 5.00 Å². The molecule has 2 heterocycles. The highest BCUT2D eigenvalue weighted by molar-refractivity contribution is 7.17. The van der Waals surface area contributed by atoms with Crippen molar-refractivity contribution in [1.82, 2.24) is 5.32 Å². The normalized spacial score (nSPS) is 12.4. The molecule has 0 saturated carbocycles. The third kappa shape index (κ3) is 8.28. The minimum Gasteiger partial charge on any atom is -0.465 e. The molecule has 0 saturated heterocycles. The standard InChI is InChI=1S/C37H41N3O5S/c1-4-29(5-2)38-22-26-7-6-8-28(21-26)34(41)40-36-33(31-19-20-45-23-32(31)46-36)35(42)39-30-17-13-25(14-18-30)10-9-24-11-15-27(16-12-24)37(43)44-3/h6-8,11-18,21,29,38H,4-5,9-10,19-20,22-23H2,1-3H3,(H,39,42)(H,40,41). The molecule has 4 aromatic rings. The van der Waals surface area contributed by atoms with E-state index in [1.807, 2.05) is 54.6 Å². The Hall–Kier alpha value is -4.31. The molecular weight excluding hydrogens is 598 g/mol. The Bertz CT molecular complexity index is 1660. The maximum atomic E-state index is 13.7. The molecule has 1 aromatic heterocycles. The Balaban J connectivity index is 1.25. The van der Waals surface area contributed by atoms with E-state index < -0.39 is 0 Å². The molecular formula is C37H41N3O5S. The number of anilines is 2. The predicted octanol–water partition coefficient (Wildman–Crippen LogP) is 7.18. The molecule has 0 unspecified atom stereocenters. The number of ether oxygens (including phenoxy) is 2. The van der Waals surface area contributed by atoms with Crippen molar-refractivity contribution in [3.05, 3.63) is 117 Å². The summed E-state index contributed by atoms with van der Waals surface area (Å²) in [4.78, 5) is 39.8. The molecule has 5 rings (SSSR count). The van der Waals surface area contributed by atoms with Gasteiger partial charge in [-0.1, -0.05) is 50.2 Å². The topological polar surface area (TPSA) is 106 Å². The zero-order valence-electron chi connectivity index (χ0n) is 26.6. The van der Waals surface area contributed by atoms with Crippen LogP contribution < -0.4 is 16.0 Å². The molecule has 46 heavy (non-hydrogen) atoms. The number of nitrogens with one attached hydrogen (secondary N) is 3. The smallest absolute Gasteiger partial charge is 0.337 e. The summed E-state index contributed by atoms with van der Waals surface area (Å²) < 4.78 is 10.4. The lowest BCUT2D eigenvalue weighted by Crippen LogP contribution is -2.27. The molecule has 1 aliphatic rings. The summed E-state index contributed by atoms with van der Waals surface area (Å²) in [7, 11) is 1.37. The van der Waals surface area contributed by atoms with Crippen LogP contribution in [0.1, 0.15) is 84.9 Å². The van der Waals surface area contributed by atoms with Gasteiger partial charge in [-0.2, -0.15) is 0 Å². The van der Waals surface area contributed by atoms with Gasteiger partial charge in [-0.3, -0.25) is 9.59 Å². The van der Waals surface area contributed by atoms with E-state index in [0.29, 0.717) is 59.6 Å². The Morgan fingerprint density at radius 1 is 0.848 bits per heavy atom. The van der Waals surface area contributed by atoms with E-state index in [9.17, 15) is 14.4 Å². The highest BCUT2D eigenvalue weighted by Gasteiger charge is 2.27. The number of thiophene rings is 1. The van der Waals surface area contributed by atoms with E-state index in [1.165, 1.54) is 18.4 Å². The van der Waals surface area contributed by atoms with Crippen LogP contribution in [0.2, 0.25) is 0 Å². The Kier molecular flexibility index (Phi) is 11.4. The Labute approximate surface area is 274 Å². The first kappa shape index (κ1) is 33.1. The number of hydrogen-bond donors (Lipinski definition) is 3. The average molecular weight is 640 g/mol. The number of aryl methyl sites for hydroxylation is 2. The number of hydrogen-bond acceptors (Lipinski definition) is 7. The fraction of sp³-hybridized carbons (Fsp3) is 0.324. The maximum Gasteiger partial charge on any atom is 0.337 e. The highest BCUT2D eigenvalue weighted by atomic mass is 32.1. The first-order valence-electron chi connectivity index (χ1n) is 15.8. The van der Waals surface area contributed by atoms with Gasteiger partial charge >= 0.3 is 5.97 Å². The predicted molar refractivity (Wildman–Crippen MR) is 183 cm³/mol. The van der Waals surface area contributed by atoms with Gasteiger partial charge in [-0.15, -0.1) is 11.3 Å². The zero-order valence-corrected chi connectivity index (χ0v) is 27.4. The zero-order chi connectivity index (χ0) is 32.5. The summed E-state index contributed by atoms with van der Waals surface area (Å²) in [5, 5.41) is 10.2. The van der Waals surface area contributed by atoms with Gasteiger partial charge in [0.05, 0.1) is 31.5 Å². The minimum atomic E-state index is -0.347. The van der Waals surface area contributed by atoms with Gasteiger partial charge in [0.15, 0.2) is 0 Å². The van der Waals surface area contributed by atoms with Gasteiger partial charge in [-0.25, -0.2) is 4.79 Å². The fourth-order valence-electron chi connectivity index (χ4n) is 5.56. The first-order valence-corrected chi connectivity index (χ1v) is 16.6. The average Bonchev–Trinajstić information content (AvgIpc) is 3.46. The Morgan fingerprint density at radius 3 is 2.22 bits per heavy atom. The second kappa shape index (κ2) is 15.8. The van der Waals surface area contributed by atoms with E-state index in [0.717, 1.165) is 52.8 Å². The first-order chi connectivity index (χ1) is 22.4. The van der Waals surface area contributed by atoms with Crippen molar-refractivity contribution in [1.29, 1.82) is 0 Å². The van der Waals surface area contributed by atoms with Crippen molar-refractivity contribution < 1.29 is 23.9 Å². The molecule has 0 fully saturated rings. The minimum absolute atomic E-state index is 0.248. The van der Waals surface area contributed by atoms with Gasteiger partial charge in [0.25, 0.3) is 11.8 Å². The maximum absolute atomic E-state index is 13.7. The second-order valence-corrected chi connectivity index (χ2v) is 12.5. The monoisotopic (exact) mass is 639 g/mol. The lowest BCUT2D eigenvalue weighted by atomic mass is 10.0. The number of carbonyl (C=O) groups is 3. The summed E-state index contributed by atoms with van der Waals surface area (Å²) in [5.74, 6) is -0.848. The van der Waals surface area contributed by atoms with Crippen LogP contribution in [-0.2, 0) is 41.9 Å².